The molecule has 1 saturated carbocycles. The molecule has 24 heavy (non-hydrogen) atoms. The van der Waals surface area contributed by atoms with E-state index in [0.717, 1.165) is 35.0 Å². The summed E-state index contributed by atoms with van der Waals surface area (Å²) < 4.78 is 0. The van der Waals surface area contributed by atoms with Crippen LogP contribution < -0.4 is 10.2 Å². The third kappa shape index (κ3) is 3.33. The number of hydrogen-bond donors (Lipinski definition) is 1. The fourth-order valence-electron chi connectivity index (χ4n) is 3.50. The molecule has 0 radical (unpaired) electrons. The molecule has 4 rings (SSSR count). The number of hydrogen-bond acceptors (Lipinski definition) is 4. The summed E-state index contributed by atoms with van der Waals surface area (Å²) in [5.41, 5.74) is 1.26. The summed E-state index contributed by atoms with van der Waals surface area (Å²) in [6.45, 7) is 0.992. The number of rotatable bonds is 3. The fourth-order valence-corrected chi connectivity index (χ4v) is 5.44. The fraction of sp³-hybridized carbons (Fsp3) is 0.421. The van der Waals surface area contributed by atoms with Crippen LogP contribution in [0.4, 0.5) is 10.7 Å². The van der Waals surface area contributed by atoms with Gasteiger partial charge in [0.05, 0.1) is 15.6 Å². The highest BCUT2D eigenvalue weighted by Gasteiger charge is 2.22. The number of benzene rings is 1. The molecule has 1 N–H and O–H groups in total. The zero-order valence-corrected chi connectivity index (χ0v) is 15.3. The number of nitrogens with one attached hydrogen (secondary N) is 1. The van der Waals surface area contributed by atoms with E-state index in [1.54, 1.807) is 11.3 Å². The molecule has 1 aliphatic carbocycles. The molecule has 2 aromatic rings. The van der Waals surface area contributed by atoms with Gasteiger partial charge in [0.1, 0.15) is 0 Å². The van der Waals surface area contributed by atoms with Crippen LogP contribution in [0.2, 0.25) is 0 Å². The number of para-hydroxylation sites is 1. The van der Waals surface area contributed by atoms with Crippen molar-refractivity contribution in [3.05, 3.63) is 41.3 Å². The van der Waals surface area contributed by atoms with Gasteiger partial charge in [0.2, 0.25) is 0 Å². The van der Waals surface area contributed by atoms with Crippen molar-refractivity contribution in [3.8, 4) is 0 Å². The second-order valence-corrected chi connectivity index (χ2v) is 8.61. The lowest BCUT2D eigenvalue weighted by Crippen LogP contribution is -2.35. The van der Waals surface area contributed by atoms with Crippen molar-refractivity contribution in [1.82, 2.24) is 5.32 Å². The number of thioether (sulfide) groups is 1. The van der Waals surface area contributed by atoms with Crippen LogP contribution in [0.3, 0.4) is 0 Å². The molecule has 2 aliphatic rings. The summed E-state index contributed by atoms with van der Waals surface area (Å²) in [5, 5.41) is 4.38. The Hall–Kier alpha value is -1.46. The highest BCUT2D eigenvalue weighted by Crippen LogP contribution is 2.41. The maximum Gasteiger partial charge on any atom is 0.261 e. The van der Waals surface area contributed by atoms with Gasteiger partial charge in [-0.1, -0.05) is 31.4 Å². The third-order valence-electron chi connectivity index (χ3n) is 4.75. The minimum atomic E-state index is 0.0952. The summed E-state index contributed by atoms with van der Waals surface area (Å²) in [6, 6.07) is 13.0. The quantitative estimate of drug-likeness (QED) is 0.833. The average Bonchev–Trinajstić information content (AvgIpc) is 3.12. The standard InChI is InChI=1S/C19H22N2OS2/c22-19(20-14-6-2-1-3-7-14)17-10-11-18(24-17)21-12-13-23-16-9-5-4-8-15(16)21/h4-5,8-11,14H,1-3,6-7,12-13H2,(H,20,22). The highest BCUT2D eigenvalue weighted by molar-refractivity contribution is 7.99. The molecule has 1 amide bonds. The molecule has 1 fully saturated rings. The van der Waals surface area contributed by atoms with Gasteiger partial charge in [0, 0.05) is 23.2 Å². The van der Waals surface area contributed by atoms with E-state index >= 15 is 0 Å². The monoisotopic (exact) mass is 358 g/mol. The van der Waals surface area contributed by atoms with Gasteiger partial charge in [0.15, 0.2) is 0 Å². The summed E-state index contributed by atoms with van der Waals surface area (Å²) in [4.78, 5) is 17.0. The zero-order valence-electron chi connectivity index (χ0n) is 13.7. The average molecular weight is 359 g/mol. The van der Waals surface area contributed by atoms with Crippen LogP contribution >= 0.6 is 23.1 Å². The number of thiophene rings is 1. The Morgan fingerprint density at radius 2 is 1.92 bits per heavy atom. The Morgan fingerprint density at radius 3 is 2.79 bits per heavy atom. The van der Waals surface area contributed by atoms with Crippen molar-refractivity contribution >= 4 is 39.7 Å². The van der Waals surface area contributed by atoms with Crippen molar-refractivity contribution < 1.29 is 4.79 Å². The van der Waals surface area contributed by atoms with Gasteiger partial charge in [-0.25, -0.2) is 0 Å². The largest absolute Gasteiger partial charge is 0.349 e. The van der Waals surface area contributed by atoms with E-state index in [2.05, 4.69) is 40.5 Å². The van der Waals surface area contributed by atoms with E-state index in [1.165, 1.54) is 29.8 Å². The normalized spacial score (nSPS) is 18.2. The van der Waals surface area contributed by atoms with E-state index < -0.39 is 0 Å². The molecular formula is C19H22N2OS2. The van der Waals surface area contributed by atoms with Gasteiger partial charge in [0.25, 0.3) is 5.91 Å². The summed E-state index contributed by atoms with van der Waals surface area (Å²) >= 11 is 3.51. The molecular weight excluding hydrogens is 336 g/mol. The van der Waals surface area contributed by atoms with Crippen LogP contribution in [0.1, 0.15) is 41.8 Å². The van der Waals surface area contributed by atoms with E-state index in [4.69, 9.17) is 0 Å². The second-order valence-electron chi connectivity index (χ2n) is 6.41. The number of anilines is 2. The van der Waals surface area contributed by atoms with Crippen molar-refractivity contribution in [1.29, 1.82) is 0 Å². The van der Waals surface area contributed by atoms with Gasteiger partial charge in [-0.15, -0.1) is 23.1 Å². The lowest BCUT2D eigenvalue weighted by atomic mass is 9.95. The van der Waals surface area contributed by atoms with Crippen LogP contribution in [-0.2, 0) is 0 Å². The van der Waals surface area contributed by atoms with Gasteiger partial charge in [-0.3, -0.25) is 4.79 Å². The summed E-state index contributed by atoms with van der Waals surface area (Å²) in [5.74, 6) is 1.18. The Bertz CT molecular complexity index is 722. The first-order chi connectivity index (χ1) is 11.8. The first kappa shape index (κ1) is 16.0. The Balaban J connectivity index is 1.50. The number of carbonyl (C=O) groups excluding carboxylic acids is 1. The van der Waals surface area contributed by atoms with E-state index in [-0.39, 0.29) is 5.91 Å². The van der Waals surface area contributed by atoms with Crippen LogP contribution in [0, 0.1) is 0 Å². The second kappa shape index (κ2) is 7.19. The van der Waals surface area contributed by atoms with Gasteiger partial charge in [-0.05, 0) is 37.1 Å². The number of fused-ring (bicyclic) bond motifs is 1. The predicted molar refractivity (Wildman–Crippen MR) is 103 cm³/mol. The predicted octanol–water partition coefficient (Wildman–Crippen LogP) is 5.05. The minimum absolute atomic E-state index is 0.0952. The molecule has 1 aromatic heterocycles. The first-order valence-electron chi connectivity index (χ1n) is 8.71. The summed E-state index contributed by atoms with van der Waals surface area (Å²) in [7, 11) is 0. The van der Waals surface area contributed by atoms with Crippen LogP contribution in [0.25, 0.3) is 0 Å². The summed E-state index contributed by atoms with van der Waals surface area (Å²) in [6.07, 6.45) is 6.04. The van der Waals surface area contributed by atoms with E-state index in [9.17, 15) is 4.79 Å². The van der Waals surface area contributed by atoms with Crippen molar-refractivity contribution in [2.24, 2.45) is 0 Å². The van der Waals surface area contributed by atoms with Gasteiger partial charge in [-0.2, -0.15) is 0 Å². The van der Waals surface area contributed by atoms with Gasteiger partial charge >= 0.3 is 0 Å². The molecule has 0 spiro atoms. The Labute approximate surface area is 151 Å². The third-order valence-corrected chi connectivity index (χ3v) is 6.90. The van der Waals surface area contributed by atoms with Gasteiger partial charge < -0.3 is 10.2 Å². The number of carbonyl (C=O) groups is 1. The van der Waals surface area contributed by atoms with Crippen LogP contribution in [0.5, 0.6) is 0 Å². The van der Waals surface area contributed by atoms with Crippen molar-refractivity contribution in [2.75, 3.05) is 17.2 Å². The van der Waals surface area contributed by atoms with Crippen molar-refractivity contribution in [3.63, 3.8) is 0 Å². The molecule has 3 nitrogen and oxygen atoms in total. The molecule has 0 atom stereocenters. The van der Waals surface area contributed by atoms with E-state index in [0.29, 0.717) is 6.04 Å². The maximum absolute atomic E-state index is 12.5. The molecule has 5 heteroatoms. The molecule has 126 valence electrons. The van der Waals surface area contributed by atoms with Crippen LogP contribution in [-0.4, -0.2) is 24.2 Å². The highest BCUT2D eigenvalue weighted by atomic mass is 32.2. The molecule has 0 saturated heterocycles. The van der Waals surface area contributed by atoms with Crippen LogP contribution in [0.15, 0.2) is 41.3 Å². The Kier molecular flexibility index (Phi) is 4.81. The molecule has 2 heterocycles. The zero-order chi connectivity index (χ0) is 16.4. The first-order valence-corrected chi connectivity index (χ1v) is 10.5. The van der Waals surface area contributed by atoms with Crippen molar-refractivity contribution in [2.45, 2.75) is 43.0 Å². The molecule has 0 unspecified atom stereocenters. The van der Waals surface area contributed by atoms with E-state index in [1.807, 2.05) is 17.8 Å². The topological polar surface area (TPSA) is 32.3 Å². The Morgan fingerprint density at radius 1 is 1.08 bits per heavy atom. The maximum atomic E-state index is 12.5. The molecule has 0 bridgehead atoms. The number of amides is 1. The smallest absolute Gasteiger partial charge is 0.261 e. The molecule has 1 aliphatic heterocycles. The molecule has 1 aromatic carbocycles. The lowest BCUT2D eigenvalue weighted by molar-refractivity contribution is 0.0932. The lowest BCUT2D eigenvalue weighted by Gasteiger charge is -2.29. The number of nitrogens with zero attached hydrogens (tertiary/aromatic N) is 1. The SMILES string of the molecule is O=C(NC1CCCCC1)c1ccc(N2CCSc3ccccc32)s1. The minimum Gasteiger partial charge on any atom is -0.349 e.